The number of nitrogens with zero attached hydrogens (tertiary/aromatic N) is 2. The lowest BCUT2D eigenvalue weighted by atomic mass is 10.2. The van der Waals surface area contributed by atoms with Crippen LogP contribution < -0.4 is 4.74 Å². The molecule has 6 heteroatoms. The highest BCUT2D eigenvalue weighted by Crippen LogP contribution is 2.20. The van der Waals surface area contributed by atoms with E-state index in [-0.39, 0.29) is 11.8 Å². The van der Waals surface area contributed by atoms with Crippen LogP contribution in [-0.4, -0.2) is 54.4 Å². The average Bonchev–Trinajstić information content (AvgIpc) is 3.08. The maximum absolute atomic E-state index is 12.8. The fourth-order valence-corrected chi connectivity index (χ4v) is 3.34. The van der Waals surface area contributed by atoms with E-state index in [0.717, 1.165) is 11.1 Å². The predicted octanol–water partition coefficient (Wildman–Crippen LogP) is 3.19. The highest BCUT2D eigenvalue weighted by molar-refractivity contribution is 5.96. The third-order valence-electron chi connectivity index (χ3n) is 4.88. The smallest absolute Gasteiger partial charge is 0.289 e. The van der Waals surface area contributed by atoms with Gasteiger partial charge in [0.05, 0.1) is 6.54 Å². The molecule has 0 radical (unpaired) electrons. The normalized spacial score (nSPS) is 14.9. The molecule has 1 aromatic heterocycles. The lowest BCUT2D eigenvalue weighted by Crippen LogP contribution is -2.37. The first kappa shape index (κ1) is 18.1. The summed E-state index contributed by atoms with van der Waals surface area (Å²) in [5, 5.41) is 0.899. The summed E-state index contributed by atoms with van der Waals surface area (Å²) in [5.74, 6) is 0.962. The van der Waals surface area contributed by atoms with Gasteiger partial charge in [-0.05, 0) is 24.3 Å². The third kappa shape index (κ3) is 4.01. The molecule has 28 heavy (non-hydrogen) atoms. The monoisotopic (exact) mass is 378 g/mol. The molecule has 6 nitrogen and oxygen atoms in total. The Morgan fingerprint density at radius 3 is 2.61 bits per heavy atom. The second kappa shape index (κ2) is 8.17. The lowest BCUT2D eigenvalue weighted by Gasteiger charge is -2.21. The number of benzene rings is 2. The molecule has 0 atom stereocenters. The SMILES string of the molecule is O=C1CCN(C(=O)c2cc3ccccc3o2)CCN1CCOc1ccccc1. The summed E-state index contributed by atoms with van der Waals surface area (Å²) < 4.78 is 11.4. The number of hydrogen-bond acceptors (Lipinski definition) is 4. The fourth-order valence-electron chi connectivity index (χ4n) is 3.34. The molecule has 0 unspecified atom stereocenters. The third-order valence-corrected chi connectivity index (χ3v) is 4.88. The van der Waals surface area contributed by atoms with Crippen LogP contribution in [0, 0.1) is 0 Å². The van der Waals surface area contributed by atoms with Gasteiger partial charge < -0.3 is 19.0 Å². The molecule has 1 aliphatic rings. The number of rotatable bonds is 5. The Kier molecular flexibility index (Phi) is 5.28. The van der Waals surface area contributed by atoms with Crippen molar-refractivity contribution in [1.29, 1.82) is 0 Å². The molecule has 0 bridgehead atoms. The Morgan fingerprint density at radius 1 is 1.00 bits per heavy atom. The molecule has 0 aliphatic carbocycles. The van der Waals surface area contributed by atoms with Crippen LogP contribution in [0.3, 0.4) is 0 Å². The van der Waals surface area contributed by atoms with Crippen LogP contribution in [-0.2, 0) is 4.79 Å². The molecule has 2 amide bonds. The van der Waals surface area contributed by atoms with Crippen molar-refractivity contribution >= 4 is 22.8 Å². The van der Waals surface area contributed by atoms with Crippen LogP contribution >= 0.6 is 0 Å². The highest BCUT2D eigenvalue weighted by Gasteiger charge is 2.26. The number of ether oxygens (including phenoxy) is 1. The summed E-state index contributed by atoms with van der Waals surface area (Å²) in [6.07, 6.45) is 0.303. The maximum Gasteiger partial charge on any atom is 0.289 e. The number of amides is 2. The van der Waals surface area contributed by atoms with Gasteiger partial charge in [-0.25, -0.2) is 0 Å². The standard InChI is InChI=1S/C22H22N2O4/c25-21-10-11-24(22(26)20-16-17-6-4-5-9-19(17)28-20)13-12-23(21)14-15-27-18-7-2-1-3-8-18/h1-9,16H,10-15H2. The maximum atomic E-state index is 12.8. The molecule has 3 aromatic rings. The van der Waals surface area contributed by atoms with Crippen molar-refractivity contribution in [2.24, 2.45) is 0 Å². The van der Waals surface area contributed by atoms with E-state index in [1.54, 1.807) is 15.9 Å². The van der Waals surface area contributed by atoms with Gasteiger partial charge in [0.2, 0.25) is 5.91 Å². The summed E-state index contributed by atoms with van der Waals surface area (Å²) in [6.45, 7) is 2.29. The van der Waals surface area contributed by atoms with Crippen molar-refractivity contribution in [3.05, 3.63) is 66.4 Å². The van der Waals surface area contributed by atoms with E-state index < -0.39 is 0 Å². The summed E-state index contributed by atoms with van der Waals surface area (Å²) in [5.41, 5.74) is 0.691. The van der Waals surface area contributed by atoms with Gasteiger partial charge in [-0.2, -0.15) is 0 Å². The predicted molar refractivity (Wildman–Crippen MR) is 105 cm³/mol. The number of fused-ring (bicyclic) bond motifs is 1. The molecule has 1 saturated heterocycles. The Hall–Kier alpha value is -3.28. The van der Waals surface area contributed by atoms with Gasteiger partial charge in [-0.3, -0.25) is 9.59 Å². The van der Waals surface area contributed by atoms with Crippen molar-refractivity contribution in [2.75, 3.05) is 32.8 Å². The van der Waals surface area contributed by atoms with Crippen LogP contribution in [0.25, 0.3) is 11.0 Å². The van der Waals surface area contributed by atoms with E-state index in [1.165, 1.54) is 0 Å². The first-order valence-corrected chi connectivity index (χ1v) is 9.44. The fraction of sp³-hybridized carbons (Fsp3) is 0.273. The van der Waals surface area contributed by atoms with E-state index in [4.69, 9.17) is 9.15 Å². The molecule has 0 saturated carbocycles. The van der Waals surface area contributed by atoms with Crippen LogP contribution in [0.2, 0.25) is 0 Å². The molecule has 0 spiro atoms. The largest absolute Gasteiger partial charge is 0.492 e. The van der Waals surface area contributed by atoms with Gasteiger partial charge in [0.15, 0.2) is 5.76 Å². The molecule has 4 rings (SSSR count). The van der Waals surface area contributed by atoms with Crippen molar-refractivity contribution in [1.82, 2.24) is 9.80 Å². The van der Waals surface area contributed by atoms with Crippen LogP contribution in [0.4, 0.5) is 0 Å². The number of carbonyl (C=O) groups excluding carboxylic acids is 2. The van der Waals surface area contributed by atoms with Gasteiger partial charge in [0.1, 0.15) is 17.9 Å². The zero-order valence-corrected chi connectivity index (χ0v) is 15.5. The molecule has 144 valence electrons. The van der Waals surface area contributed by atoms with Crippen LogP contribution in [0.15, 0.2) is 65.1 Å². The second-order valence-corrected chi connectivity index (χ2v) is 6.73. The van der Waals surface area contributed by atoms with Gasteiger partial charge in [-0.15, -0.1) is 0 Å². The molecular formula is C22H22N2O4. The number of furan rings is 1. The number of para-hydroxylation sites is 2. The minimum Gasteiger partial charge on any atom is -0.492 e. The molecular weight excluding hydrogens is 356 g/mol. The van der Waals surface area contributed by atoms with Crippen molar-refractivity contribution in [3.8, 4) is 5.75 Å². The zero-order valence-electron chi connectivity index (χ0n) is 15.5. The Labute approximate surface area is 163 Å². The lowest BCUT2D eigenvalue weighted by molar-refractivity contribution is -0.130. The topological polar surface area (TPSA) is 63.0 Å². The average molecular weight is 378 g/mol. The Balaban J connectivity index is 1.35. The second-order valence-electron chi connectivity index (χ2n) is 6.73. The highest BCUT2D eigenvalue weighted by atomic mass is 16.5. The Bertz CT molecular complexity index is 934. The zero-order chi connectivity index (χ0) is 19.3. The first-order valence-electron chi connectivity index (χ1n) is 9.44. The van der Waals surface area contributed by atoms with Crippen molar-refractivity contribution in [3.63, 3.8) is 0 Å². The minimum absolute atomic E-state index is 0.0385. The summed E-state index contributed by atoms with van der Waals surface area (Å²) in [6, 6.07) is 18.8. The number of hydrogen-bond donors (Lipinski definition) is 0. The van der Waals surface area contributed by atoms with Gasteiger partial charge in [0, 0.05) is 31.4 Å². The molecule has 1 fully saturated rings. The summed E-state index contributed by atoms with van der Waals surface area (Å²) in [4.78, 5) is 28.7. The van der Waals surface area contributed by atoms with Gasteiger partial charge in [-0.1, -0.05) is 36.4 Å². The quantitative estimate of drug-likeness (QED) is 0.684. The Morgan fingerprint density at radius 2 is 1.79 bits per heavy atom. The molecule has 2 heterocycles. The van der Waals surface area contributed by atoms with Gasteiger partial charge >= 0.3 is 0 Å². The molecule has 2 aromatic carbocycles. The number of carbonyl (C=O) groups is 2. The van der Waals surface area contributed by atoms with Crippen LogP contribution in [0.1, 0.15) is 17.0 Å². The summed E-state index contributed by atoms with van der Waals surface area (Å²) in [7, 11) is 0. The van der Waals surface area contributed by atoms with E-state index in [2.05, 4.69) is 0 Å². The van der Waals surface area contributed by atoms with E-state index in [0.29, 0.717) is 50.5 Å². The minimum atomic E-state index is -0.175. The molecule has 0 N–H and O–H groups in total. The van der Waals surface area contributed by atoms with E-state index >= 15 is 0 Å². The van der Waals surface area contributed by atoms with Gasteiger partial charge in [0.25, 0.3) is 5.91 Å². The van der Waals surface area contributed by atoms with Crippen LogP contribution in [0.5, 0.6) is 5.75 Å². The van der Waals surface area contributed by atoms with Crippen molar-refractivity contribution in [2.45, 2.75) is 6.42 Å². The van der Waals surface area contributed by atoms with E-state index in [1.807, 2.05) is 54.6 Å². The van der Waals surface area contributed by atoms with E-state index in [9.17, 15) is 9.59 Å². The summed E-state index contributed by atoms with van der Waals surface area (Å²) >= 11 is 0. The van der Waals surface area contributed by atoms with Crippen molar-refractivity contribution < 1.29 is 18.7 Å². The first-order chi connectivity index (χ1) is 13.7. The molecule has 1 aliphatic heterocycles.